The molecular formula is C46H94N2O14Si6. The molecule has 16 nitrogen and oxygen atoms in total. The highest BCUT2D eigenvalue weighted by Gasteiger charge is 2.46. The number of hydrogen-bond acceptors (Lipinski definition) is 14. The Morgan fingerprint density at radius 2 is 1.01 bits per heavy atom. The number of nitrogens with one attached hydrogen (secondary N) is 2. The first-order valence-corrected chi connectivity index (χ1v) is 43.7. The van der Waals surface area contributed by atoms with Crippen molar-refractivity contribution in [2.45, 2.75) is 162 Å². The van der Waals surface area contributed by atoms with Gasteiger partial charge >= 0.3 is 41.2 Å². The van der Waals surface area contributed by atoms with Crippen LogP contribution in [0.2, 0.25) is 104 Å². The summed E-state index contributed by atoms with van der Waals surface area (Å²) in [5.74, 6) is 0.757. The van der Waals surface area contributed by atoms with Gasteiger partial charge in [-0.25, -0.2) is 14.4 Å². The van der Waals surface area contributed by atoms with Crippen LogP contribution in [0.5, 0.6) is 0 Å². The molecule has 4 atom stereocenters. The van der Waals surface area contributed by atoms with E-state index >= 15 is 0 Å². The van der Waals surface area contributed by atoms with Gasteiger partial charge in [-0.15, -0.1) is 0 Å². The van der Waals surface area contributed by atoms with E-state index in [9.17, 15) is 19.2 Å². The molecule has 2 amide bonds. The molecule has 0 radical (unpaired) electrons. The van der Waals surface area contributed by atoms with E-state index in [1.54, 1.807) is 0 Å². The molecule has 0 saturated heterocycles. The van der Waals surface area contributed by atoms with Crippen molar-refractivity contribution in [3.8, 4) is 0 Å². The van der Waals surface area contributed by atoms with Crippen molar-refractivity contribution >= 4 is 74.5 Å². The van der Waals surface area contributed by atoms with Crippen molar-refractivity contribution < 1.29 is 64.1 Å². The number of amides is 2. The Morgan fingerprint density at radius 3 is 1.47 bits per heavy atom. The third-order valence-corrected chi connectivity index (χ3v) is 30.7. The fourth-order valence-electron chi connectivity index (χ4n) is 9.67. The van der Waals surface area contributed by atoms with Crippen molar-refractivity contribution in [2.75, 3.05) is 65.9 Å². The first-order valence-electron chi connectivity index (χ1n) is 25.0. The van der Waals surface area contributed by atoms with E-state index in [0.29, 0.717) is 50.0 Å². The van der Waals surface area contributed by atoms with Crippen LogP contribution in [0.3, 0.4) is 0 Å². The van der Waals surface area contributed by atoms with Crippen LogP contribution in [0.4, 0.5) is 9.59 Å². The Hall–Kier alpha value is -1.72. The smallest absolute Gasteiger partial charge is 0.407 e. The van der Waals surface area contributed by atoms with Crippen molar-refractivity contribution in [1.82, 2.24) is 10.6 Å². The molecule has 0 spiro atoms. The van der Waals surface area contributed by atoms with E-state index in [1.807, 2.05) is 0 Å². The van der Waals surface area contributed by atoms with Gasteiger partial charge in [-0.1, -0.05) is 6.58 Å². The third kappa shape index (κ3) is 27.8. The highest BCUT2D eigenvalue weighted by molar-refractivity contribution is 6.88. The number of hydrogen-bond donors (Lipinski definition) is 2. The van der Waals surface area contributed by atoms with Crippen molar-refractivity contribution in [1.29, 1.82) is 0 Å². The molecular weight excluding hydrogens is 973 g/mol. The maximum absolute atomic E-state index is 13.3. The van der Waals surface area contributed by atoms with E-state index in [4.69, 9.17) is 44.9 Å². The van der Waals surface area contributed by atoms with Crippen LogP contribution in [0.25, 0.3) is 0 Å². The van der Waals surface area contributed by atoms with Crippen LogP contribution in [0.1, 0.15) is 58.3 Å². The molecule has 2 saturated carbocycles. The van der Waals surface area contributed by atoms with Crippen LogP contribution >= 0.6 is 0 Å². The minimum absolute atomic E-state index is 0.0315. The summed E-state index contributed by atoms with van der Waals surface area (Å²) in [6, 6.07) is 1.74. The molecule has 2 fully saturated rings. The van der Waals surface area contributed by atoms with Gasteiger partial charge in [0.05, 0.1) is 18.6 Å². The van der Waals surface area contributed by atoms with Gasteiger partial charge in [-0.3, -0.25) is 4.79 Å². The maximum Gasteiger partial charge on any atom is 0.407 e. The summed E-state index contributed by atoms with van der Waals surface area (Å²) in [5.41, 5.74) is -0.943. The standard InChI is InChI=1S/C46H94N2O14Si6/c1-17-43(50)55-26-27-56-45(52)48-33-41-31-39-30-40(42(41)32-39)22-23-47-44(51)58-37-46(36-57-38(2)49,34-53-24-18-20-28-67(15,59-63(3,4)5)60-64(6,7)8)35-54-25-19-21-29-68(16,61-65(9,10)11)62-66(12,13)14/h17,39-42H,1,18-37H2,2-16H3,(H,47,51)(H,48,52). The van der Waals surface area contributed by atoms with Crippen molar-refractivity contribution in [3.05, 3.63) is 12.7 Å². The quantitative estimate of drug-likeness (QED) is 0.0201. The highest BCUT2D eigenvalue weighted by Crippen LogP contribution is 2.52. The number of carbonyl (C=O) groups excluding carboxylic acids is 4. The minimum Gasteiger partial charge on any atom is -0.465 e. The van der Waals surface area contributed by atoms with Crippen molar-refractivity contribution in [2.24, 2.45) is 29.1 Å². The molecule has 2 rings (SSSR count). The summed E-state index contributed by atoms with van der Waals surface area (Å²) in [7, 11) is -12.1. The average molecular weight is 1070 g/mol. The third-order valence-electron chi connectivity index (χ3n) is 11.4. The number of rotatable bonds is 35. The molecule has 396 valence electrons. The number of alkyl carbamates (subject to hydrolysis) is 2. The number of ether oxygens (including phenoxy) is 6. The molecule has 22 heteroatoms. The molecule has 0 aromatic heterocycles. The lowest BCUT2D eigenvalue weighted by atomic mass is 9.79. The summed E-state index contributed by atoms with van der Waals surface area (Å²) in [5, 5.41) is 5.83. The number of fused-ring (bicyclic) bond motifs is 2. The summed E-state index contributed by atoms with van der Waals surface area (Å²) in [6.07, 6.45) is 7.36. The molecule has 4 unspecified atom stereocenters. The fraction of sp³-hybridized carbons (Fsp3) is 0.870. The Labute approximate surface area is 417 Å². The summed E-state index contributed by atoms with van der Waals surface area (Å²) in [4.78, 5) is 49.1. The Morgan fingerprint density at radius 1 is 0.559 bits per heavy atom. The zero-order valence-electron chi connectivity index (χ0n) is 45.0. The SMILES string of the molecule is C=CC(=O)OCCOC(=O)NCC1CC2CC(CCNC(=O)OCC(COCCCC[Si](C)(O[Si](C)(C)C)O[Si](C)(C)C)(COCCCC[Si](C)(O[Si](C)(C)C)O[Si](C)(C)C)COC(C)=O)C1C2. The summed E-state index contributed by atoms with van der Waals surface area (Å²) < 4.78 is 61.1. The maximum atomic E-state index is 13.3. The summed E-state index contributed by atoms with van der Waals surface area (Å²) >= 11 is 0. The lowest BCUT2D eigenvalue weighted by molar-refractivity contribution is -0.151. The van der Waals surface area contributed by atoms with E-state index in [2.05, 4.69) is 109 Å². The Balaban J connectivity index is 2.05. The Bertz CT molecular complexity index is 1480. The van der Waals surface area contributed by atoms with Gasteiger partial charge in [0, 0.05) is 39.3 Å². The predicted octanol–water partition coefficient (Wildman–Crippen LogP) is 9.91. The average Bonchev–Trinajstić information content (AvgIpc) is 3.77. The number of unbranched alkanes of at least 4 members (excludes halogenated alkanes) is 2. The molecule has 0 aromatic carbocycles. The van der Waals surface area contributed by atoms with Gasteiger partial charge in [0.25, 0.3) is 0 Å². The number of esters is 2. The van der Waals surface area contributed by atoms with E-state index < -0.39 is 79.9 Å². The normalized spacial score (nSPS) is 19.1. The molecule has 2 bridgehead atoms. The Kier molecular flexibility index (Phi) is 26.2. The zero-order valence-corrected chi connectivity index (χ0v) is 51.0. The lowest BCUT2D eigenvalue weighted by Crippen LogP contribution is -2.52. The first-order chi connectivity index (χ1) is 31.3. The van der Waals surface area contributed by atoms with Gasteiger partial charge in [-0.05, 0) is 179 Å². The van der Waals surface area contributed by atoms with Crippen molar-refractivity contribution in [3.63, 3.8) is 0 Å². The number of carbonyl (C=O) groups is 4. The van der Waals surface area contributed by atoms with E-state index in [1.165, 1.54) is 6.92 Å². The molecule has 2 N–H and O–H groups in total. The largest absolute Gasteiger partial charge is 0.465 e. The van der Waals surface area contributed by atoms with Gasteiger partial charge in [0.1, 0.15) is 26.4 Å². The molecule has 0 aliphatic heterocycles. The van der Waals surface area contributed by atoms with Crippen LogP contribution in [-0.2, 0) is 54.5 Å². The van der Waals surface area contributed by atoms with E-state index in [0.717, 1.165) is 69.5 Å². The molecule has 0 aromatic rings. The highest BCUT2D eigenvalue weighted by atomic mass is 28.5. The molecule has 68 heavy (non-hydrogen) atoms. The second kappa shape index (κ2) is 28.5. The monoisotopic (exact) mass is 1070 g/mol. The molecule has 0 heterocycles. The lowest BCUT2D eigenvalue weighted by Gasteiger charge is -2.38. The van der Waals surface area contributed by atoms with Crippen LogP contribution in [-0.4, -0.2) is 140 Å². The second-order valence-corrected chi connectivity index (χ2v) is 49.1. The van der Waals surface area contributed by atoms with Crippen LogP contribution < -0.4 is 10.6 Å². The van der Waals surface area contributed by atoms with Gasteiger partial charge in [0.15, 0.2) is 33.3 Å². The summed E-state index contributed by atoms with van der Waals surface area (Å²) in [6.45, 7) is 37.7. The minimum atomic E-state index is -2.39. The molecule has 2 aliphatic rings. The van der Waals surface area contributed by atoms with Gasteiger partial charge in [-0.2, -0.15) is 0 Å². The zero-order chi connectivity index (χ0) is 51.5. The van der Waals surface area contributed by atoms with Crippen LogP contribution in [0, 0.1) is 29.1 Å². The molecule has 2 aliphatic carbocycles. The predicted molar refractivity (Wildman–Crippen MR) is 282 cm³/mol. The van der Waals surface area contributed by atoms with Crippen LogP contribution in [0.15, 0.2) is 12.7 Å². The van der Waals surface area contributed by atoms with Gasteiger partial charge < -0.3 is 55.5 Å². The second-order valence-electron chi connectivity index (χ2n) is 23.4. The first kappa shape index (κ1) is 62.4. The van der Waals surface area contributed by atoms with E-state index in [-0.39, 0.29) is 39.6 Å². The fourth-order valence-corrected chi connectivity index (χ4v) is 34.9. The topological polar surface area (TPSA) is 185 Å². The van der Waals surface area contributed by atoms with Gasteiger partial charge in [0.2, 0.25) is 0 Å².